The third-order valence-corrected chi connectivity index (χ3v) is 3.80. The van der Waals surface area contributed by atoms with Crippen molar-refractivity contribution >= 4 is 0 Å². The van der Waals surface area contributed by atoms with Crippen molar-refractivity contribution in [3.63, 3.8) is 0 Å². The molecule has 1 heterocycles. The third-order valence-electron chi connectivity index (χ3n) is 3.80. The van der Waals surface area contributed by atoms with Crippen LogP contribution in [0.4, 0.5) is 22.0 Å². The molecule has 132 valence electrons. The zero-order valence-corrected chi connectivity index (χ0v) is 12.6. The van der Waals surface area contributed by atoms with E-state index in [0.29, 0.717) is 24.7 Å². The molecule has 23 heavy (non-hydrogen) atoms. The molecule has 2 aliphatic rings. The summed E-state index contributed by atoms with van der Waals surface area (Å²) >= 11 is 0. The highest BCUT2D eigenvalue weighted by molar-refractivity contribution is 5.27. The molecule has 3 nitrogen and oxygen atoms in total. The minimum atomic E-state index is -4.87. The molecule has 0 N–H and O–H groups in total. The first kappa shape index (κ1) is 18.4. The van der Waals surface area contributed by atoms with Gasteiger partial charge in [0.1, 0.15) is 0 Å². The highest BCUT2D eigenvalue weighted by Crippen LogP contribution is 2.38. The third kappa shape index (κ3) is 4.30. The lowest BCUT2D eigenvalue weighted by molar-refractivity contribution is -0.358. The fraction of sp³-hybridized carbons (Fsp3) is 0.733. The molecule has 0 radical (unpaired) electrons. The van der Waals surface area contributed by atoms with Gasteiger partial charge in [-0.15, -0.1) is 0 Å². The van der Waals surface area contributed by atoms with Gasteiger partial charge in [0.25, 0.3) is 0 Å². The molecule has 1 aliphatic carbocycles. The van der Waals surface area contributed by atoms with Crippen LogP contribution in [0, 0.1) is 5.92 Å². The fourth-order valence-electron chi connectivity index (χ4n) is 2.20. The number of ether oxygens (including phenoxy) is 3. The van der Waals surface area contributed by atoms with Gasteiger partial charge >= 0.3 is 12.0 Å². The molecule has 1 atom stereocenters. The standard InChI is InChI=1S/C15H19F5O3/c1-2-10-7-21-13(22-8-10)11-3-5-12(6-4-11)23-15(19,20)14(17,18)9-16/h3-5,10,12-13H,2,6-9H2,1H3. The smallest absolute Gasteiger partial charge is 0.348 e. The normalized spacial score (nSPS) is 29.5. The van der Waals surface area contributed by atoms with Gasteiger partial charge in [0.2, 0.25) is 0 Å². The summed E-state index contributed by atoms with van der Waals surface area (Å²) in [6.07, 6.45) is -1.66. The molecule has 0 aromatic rings. The second kappa shape index (κ2) is 7.27. The molecule has 0 aromatic heterocycles. The van der Waals surface area contributed by atoms with Crippen LogP contribution in [-0.2, 0) is 14.2 Å². The Kier molecular flexibility index (Phi) is 5.80. The first-order valence-corrected chi connectivity index (χ1v) is 7.40. The summed E-state index contributed by atoms with van der Waals surface area (Å²) in [6, 6.07) is 0. The largest absolute Gasteiger partial charge is 0.422 e. The summed E-state index contributed by atoms with van der Waals surface area (Å²) < 4.78 is 79.1. The van der Waals surface area contributed by atoms with E-state index in [2.05, 4.69) is 4.74 Å². The molecule has 1 fully saturated rings. The predicted octanol–water partition coefficient (Wildman–Crippen LogP) is 3.85. The quantitative estimate of drug-likeness (QED) is 0.686. The first-order chi connectivity index (χ1) is 10.8. The van der Waals surface area contributed by atoms with Gasteiger partial charge in [-0.25, -0.2) is 4.39 Å². The van der Waals surface area contributed by atoms with E-state index in [9.17, 15) is 22.0 Å². The summed E-state index contributed by atoms with van der Waals surface area (Å²) in [5.41, 5.74) is 0.625. The van der Waals surface area contributed by atoms with Crippen LogP contribution < -0.4 is 0 Å². The minimum Gasteiger partial charge on any atom is -0.348 e. The summed E-state index contributed by atoms with van der Waals surface area (Å²) in [7, 11) is 0. The van der Waals surface area contributed by atoms with E-state index in [1.54, 1.807) is 0 Å². The molecule has 0 amide bonds. The van der Waals surface area contributed by atoms with E-state index in [0.717, 1.165) is 6.42 Å². The number of alkyl halides is 5. The van der Waals surface area contributed by atoms with Crippen molar-refractivity contribution in [2.45, 2.75) is 44.2 Å². The lowest BCUT2D eigenvalue weighted by atomic mass is 10.0. The van der Waals surface area contributed by atoms with Gasteiger partial charge in [-0.05, 0) is 12.8 Å². The van der Waals surface area contributed by atoms with Crippen molar-refractivity contribution in [3.05, 3.63) is 23.8 Å². The molecule has 1 saturated heterocycles. The maximum atomic E-state index is 13.2. The number of hydrogen-bond acceptors (Lipinski definition) is 3. The van der Waals surface area contributed by atoms with Crippen LogP contribution in [0.2, 0.25) is 0 Å². The minimum absolute atomic E-state index is 0.0514. The average molecular weight is 342 g/mol. The molecule has 2 rings (SSSR count). The van der Waals surface area contributed by atoms with Gasteiger partial charge in [-0.1, -0.05) is 25.2 Å². The molecule has 1 aliphatic heterocycles. The van der Waals surface area contributed by atoms with E-state index < -0.39 is 31.1 Å². The van der Waals surface area contributed by atoms with E-state index >= 15 is 0 Å². The SMILES string of the molecule is CCC1COC(C2=CCC(OC(F)(F)C(F)(F)CF)C=C2)OC1. The van der Waals surface area contributed by atoms with E-state index in [1.807, 2.05) is 6.92 Å². The summed E-state index contributed by atoms with van der Waals surface area (Å²) in [5.74, 6) is -4.53. The topological polar surface area (TPSA) is 27.7 Å². The zero-order valence-electron chi connectivity index (χ0n) is 12.6. The zero-order chi connectivity index (χ0) is 17.1. The summed E-state index contributed by atoms with van der Waals surface area (Å²) in [4.78, 5) is 0. The monoisotopic (exact) mass is 342 g/mol. The molecule has 0 saturated carbocycles. The molecule has 0 spiro atoms. The Hall–Kier alpha value is -0.990. The fourth-order valence-corrected chi connectivity index (χ4v) is 2.20. The lowest BCUT2D eigenvalue weighted by Crippen LogP contribution is -2.46. The van der Waals surface area contributed by atoms with Crippen molar-refractivity contribution < 1.29 is 36.2 Å². The maximum Gasteiger partial charge on any atom is 0.422 e. The summed E-state index contributed by atoms with van der Waals surface area (Å²) in [6.45, 7) is 0.604. The number of rotatable bonds is 6. The molecule has 0 aromatic carbocycles. The van der Waals surface area contributed by atoms with Crippen molar-refractivity contribution in [1.29, 1.82) is 0 Å². The second-order valence-corrected chi connectivity index (χ2v) is 5.58. The molecular formula is C15H19F5O3. The Labute approximate surface area is 131 Å². The highest BCUT2D eigenvalue weighted by Gasteiger charge is 2.59. The van der Waals surface area contributed by atoms with Crippen LogP contribution in [0.1, 0.15) is 19.8 Å². The maximum absolute atomic E-state index is 13.2. The summed E-state index contributed by atoms with van der Waals surface area (Å²) in [5, 5.41) is 0. The van der Waals surface area contributed by atoms with Gasteiger partial charge in [0.05, 0.1) is 19.3 Å². The number of halogens is 5. The van der Waals surface area contributed by atoms with Gasteiger partial charge in [-0.3, -0.25) is 0 Å². The molecule has 1 unspecified atom stereocenters. The average Bonchev–Trinajstić information content (AvgIpc) is 2.55. The van der Waals surface area contributed by atoms with Crippen LogP contribution in [-0.4, -0.2) is 44.3 Å². The van der Waals surface area contributed by atoms with E-state index in [4.69, 9.17) is 9.47 Å². The van der Waals surface area contributed by atoms with Crippen LogP contribution in [0.15, 0.2) is 23.8 Å². The van der Waals surface area contributed by atoms with Crippen LogP contribution in [0.5, 0.6) is 0 Å². The van der Waals surface area contributed by atoms with Gasteiger partial charge in [0, 0.05) is 11.5 Å². The second-order valence-electron chi connectivity index (χ2n) is 5.58. The Morgan fingerprint density at radius 3 is 2.35 bits per heavy atom. The molecule has 0 bridgehead atoms. The first-order valence-electron chi connectivity index (χ1n) is 7.40. The van der Waals surface area contributed by atoms with Gasteiger partial charge in [-0.2, -0.15) is 17.6 Å². The van der Waals surface area contributed by atoms with E-state index in [1.165, 1.54) is 18.2 Å². The highest BCUT2D eigenvalue weighted by atomic mass is 19.3. The molecule has 8 heteroatoms. The Bertz CT molecular complexity index is 456. The van der Waals surface area contributed by atoms with Crippen molar-refractivity contribution in [1.82, 2.24) is 0 Å². The lowest BCUT2D eigenvalue weighted by Gasteiger charge is -2.31. The van der Waals surface area contributed by atoms with Crippen molar-refractivity contribution in [3.8, 4) is 0 Å². The van der Waals surface area contributed by atoms with Crippen LogP contribution in [0.25, 0.3) is 0 Å². The predicted molar refractivity (Wildman–Crippen MR) is 72.1 cm³/mol. The number of hydrogen-bond donors (Lipinski definition) is 0. The van der Waals surface area contributed by atoms with Crippen molar-refractivity contribution in [2.24, 2.45) is 5.92 Å². The Morgan fingerprint density at radius 1 is 1.22 bits per heavy atom. The Morgan fingerprint density at radius 2 is 1.87 bits per heavy atom. The van der Waals surface area contributed by atoms with Crippen LogP contribution in [0.3, 0.4) is 0 Å². The van der Waals surface area contributed by atoms with Gasteiger partial charge in [0.15, 0.2) is 13.0 Å². The molecular weight excluding hydrogens is 323 g/mol. The van der Waals surface area contributed by atoms with Gasteiger partial charge < -0.3 is 14.2 Å². The Balaban J connectivity index is 1.88. The van der Waals surface area contributed by atoms with Crippen LogP contribution >= 0.6 is 0 Å². The van der Waals surface area contributed by atoms with Crippen molar-refractivity contribution in [2.75, 3.05) is 19.9 Å². The van der Waals surface area contributed by atoms with E-state index in [-0.39, 0.29) is 6.42 Å².